The van der Waals surface area contributed by atoms with Crippen LogP contribution in [0.5, 0.6) is 0 Å². The lowest BCUT2D eigenvalue weighted by Gasteiger charge is -2.34. The molecule has 2 unspecified atom stereocenters. The van der Waals surface area contributed by atoms with Gasteiger partial charge in [-0.3, -0.25) is 3.97 Å². The maximum atomic E-state index is 12.9. The first kappa shape index (κ1) is 15.9. The molecule has 3 rings (SSSR count). The summed E-state index contributed by atoms with van der Waals surface area (Å²) in [6.45, 7) is 7.42. The minimum absolute atomic E-state index is 0.379. The zero-order chi connectivity index (χ0) is 16.1. The number of piperidine rings is 1. The van der Waals surface area contributed by atoms with E-state index in [1.54, 1.807) is 20.4 Å². The van der Waals surface area contributed by atoms with Crippen LogP contribution in [0.1, 0.15) is 25.8 Å². The average molecular weight is 338 g/mol. The number of aryl methyl sites for hydroxylation is 1. The van der Waals surface area contributed by atoms with Gasteiger partial charge in [-0.1, -0.05) is 26.7 Å². The van der Waals surface area contributed by atoms with Gasteiger partial charge in [-0.25, -0.2) is 8.42 Å². The predicted molar refractivity (Wildman–Crippen MR) is 92.8 cm³/mol. The van der Waals surface area contributed by atoms with Crippen molar-refractivity contribution in [2.45, 2.75) is 32.1 Å². The number of aromatic nitrogens is 1. The number of hydrogen-bond donors (Lipinski definition) is 1. The highest BCUT2D eigenvalue weighted by Gasteiger charge is 2.31. The molecule has 0 aliphatic carbocycles. The molecule has 6 heteroatoms. The number of rotatable bonds is 2. The van der Waals surface area contributed by atoms with Gasteiger partial charge in [-0.15, -0.1) is 0 Å². The topological polar surface area (TPSA) is 42.3 Å². The average Bonchev–Trinajstić information content (AvgIpc) is 2.72. The Balaban J connectivity index is 2.03. The third kappa shape index (κ3) is 2.68. The molecule has 1 aliphatic heterocycles. The van der Waals surface area contributed by atoms with Crippen molar-refractivity contribution in [3.05, 3.63) is 30.0 Å². The molecule has 1 aromatic heterocycles. The van der Waals surface area contributed by atoms with Gasteiger partial charge in [-0.05, 0) is 48.9 Å². The summed E-state index contributed by atoms with van der Waals surface area (Å²) in [5.74, 6) is 0.810. The first-order valence-corrected chi connectivity index (χ1v) is 9.44. The highest BCUT2D eigenvalue weighted by Crippen LogP contribution is 2.29. The fourth-order valence-electron chi connectivity index (χ4n) is 3.46. The Labute approximate surface area is 137 Å². The number of fused-ring (bicyclic) bond motifs is 1. The Morgan fingerprint density at radius 1 is 1.18 bits per heavy atom. The van der Waals surface area contributed by atoms with Crippen molar-refractivity contribution in [1.29, 1.82) is 0 Å². The SMILES string of the molecule is Cc1cn(S)c2ccc(S(=O)(=O)N3CC(C)CC(C)C3)cc12. The first-order valence-electron chi connectivity index (χ1n) is 7.60. The highest BCUT2D eigenvalue weighted by atomic mass is 32.2. The van der Waals surface area contributed by atoms with Crippen molar-refractivity contribution in [1.82, 2.24) is 8.28 Å². The van der Waals surface area contributed by atoms with E-state index in [-0.39, 0.29) is 0 Å². The lowest BCUT2D eigenvalue weighted by Crippen LogP contribution is -2.42. The van der Waals surface area contributed by atoms with Crippen LogP contribution in [0, 0.1) is 18.8 Å². The van der Waals surface area contributed by atoms with E-state index < -0.39 is 10.0 Å². The van der Waals surface area contributed by atoms with Crippen LogP contribution in [0.25, 0.3) is 10.9 Å². The van der Waals surface area contributed by atoms with Crippen LogP contribution in [0.15, 0.2) is 29.3 Å². The molecule has 2 aromatic rings. The van der Waals surface area contributed by atoms with Gasteiger partial charge in [0, 0.05) is 24.7 Å². The lowest BCUT2D eigenvalue weighted by atomic mass is 9.94. The van der Waals surface area contributed by atoms with Gasteiger partial charge in [0.25, 0.3) is 0 Å². The predicted octanol–water partition coefficient (Wildman–Crippen LogP) is 3.31. The molecule has 2 atom stereocenters. The summed E-state index contributed by atoms with van der Waals surface area (Å²) in [4.78, 5) is 0.379. The smallest absolute Gasteiger partial charge is 0.243 e. The molecule has 1 aliphatic rings. The second-order valence-corrected chi connectivity index (χ2v) is 8.97. The van der Waals surface area contributed by atoms with Crippen LogP contribution in [0.3, 0.4) is 0 Å². The summed E-state index contributed by atoms with van der Waals surface area (Å²) < 4.78 is 29.2. The first-order chi connectivity index (χ1) is 10.3. The summed E-state index contributed by atoms with van der Waals surface area (Å²) in [5, 5.41) is 0.939. The Morgan fingerprint density at radius 3 is 2.45 bits per heavy atom. The zero-order valence-corrected chi connectivity index (χ0v) is 14.9. The van der Waals surface area contributed by atoms with Crippen molar-refractivity contribution < 1.29 is 8.42 Å². The van der Waals surface area contributed by atoms with Crippen molar-refractivity contribution in [2.75, 3.05) is 13.1 Å². The maximum absolute atomic E-state index is 12.9. The molecule has 1 saturated heterocycles. The second kappa shape index (κ2) is 5.58. The van der Waals surface area contributed by atoms with Gasteiger partial charge in [0.2, 0.25) is 10.0 Å². The third-order valence-electron chi connectivity index (χ3n) is 4.43. The third-order valence-corrected chi connectivity index (χ3v) is 6.59. The van der Waals surface area contributed by atoms with Crippen LogP contribution < -0.4 is 0 Å². The Morgan fingerprint density at radius 2 is 1.82 bits per heavy atom. The zero-order valence-electron chi connectivity index (χ0n) is 13.2. The minimum atomic E-state index is -3.43. The van der Waals surface area contributed by atoms with Crippen molar-refractivity contribution in [2.24, 2.45) is 11.8 Å². The fraction of sp³-hybridized carbons (Fsp3) is 0.500. The summed E-state index contributed by atoms with van der Waals surface area (Å²) in [7, 11) is -3.43. The molecule has 2 heterocycles. The minimum Gasteiger partial charge on any atom is -0.294 e. The van der Waals surface area contributed by atoms with Crippen LogP contribution in [-0.2, 0) is 10.0 Å². The monoisotopic (exact) mass is 338 g/mol. The van der Waals surface area contributed by atoms with Crippen LogP contribution in [0.2, 0.25) is 0 Å². The molecule has 1 fully saturated rings. The molecule has 22 heavy (non-hydrogen) atoms. The van der Waals surface area contributed by atoms with Gasteiger partial charge >= 0.3 is 0 Å². The van der Waals surface area contributed by atoms with E-state index in [1.807, 2.05) is 19.2 Å². The molecule has 0 saturated carbocycles. The molecule has 0 N–H and O–H groups in total. The molecular weight excluding hydrogens is 316 g/mol. The number of sulfonamides is 1. The van der Waals surface area contributed by atoms with E-state index in [4.69, 9.17) is 0 Å². The Kier molecular flexibility index (Phi) is 4.03. The van der Waals surface area contributed by atoms with E-state index in [0.29, 0.717) is 29.8 Å². The molecule has 0 amide bonds. The van der Waals surface area contributed by atoms with Crippen molar-refractivity contribution >= 4 is 33.7 Å². The van der Waals surface area contributed by atoms with Gasteiger partial charge in [0.1, 0.15) is 0 Å². The summed E-state index contributed by atoms with van der Waals surface area (Å²) >= 11 is 4.36. The fourth-order valence-corrected chi connectivity index (χ4v) is 5.52. The molecule has 120 valence electrons. The van der Waals surface area contributed by atoms with E-state index in [1.165, 1.54) is 0 Å². The van der Waals surface area contributed by atoms with Gasteiger partial charge in [0.15, 0.2) is 0 Å². The highest BCUT2D eigenvalue weighted by molar-refractivity contribution is 7.89. The van der Waals surface area contributed by atoms with E-state index >= 15 is 0 Å². The van der Waals surface area contributed by atoms with Crippen LogP contribution in [-0.4, -0.2) is 29.8 Å². The number of hydrogen-bond acceptors (Lipinski definition) is 3. The molecule has 1 aromatic carbocycles. The standard InChI is InChI=1S/C16H22N2O2S2/c1-11-6-12(2)9-17(8-11)22(19,20)14-4-5-16-15(7-14)13(3)10-18(16)21/h4-5,7,10-12,21H,6,8-9H2,1-3H3. The summed E-state index contributed by atoms with van der Waals surface area (Å²) in [5.41, 5.74) is 1.96. The number of nitrogens with zero attached hydrogens (tertiary/aromatic N) is 2. The Hall–Kier alpha value is -0.980. The van der Waals surface area contributed by atoms with Gasteiger partial charge in [-0.2, -0.15) is 4.31 Å². The molecule has 0 radical (unpaired) electrons. The van der Waals surface area contributed by atoms with E-state index in [2.05, 4.69) is 26.7 Å². The van der Waals surface area contributed by atoms with E-state index in [0.717, 1.165) is 22.9 Å². The van der Waals surface area contributed by atoms with Gasteiger partial charge in [0.05, 0.1) is 10.4 Å². The van der Waals surface area contributed by atoms with Gasteiger partial charge < -0.3 is 0 Å². The van der Waals surface area contributed by atoms with Crippen molar-refractivity contribution in [3.63, 3.8) is 0 Å². The van der Waals surface area contributed by atoms with E-state index in [9.17, 15) is 8.42 Å². The van der Waals surface area contributed by atoms with Crippen molar-refractivity contribution in [3.8, 4) is 0 Å². The molecule has 0 spiro atoms. The molecule has 4 nitrogen and oxygen atoms in total. The maximum Gasteiger partial charge on any atom is 0.243 e. The van der Waals surface area contributed by atoms with Crippen LogP contribution in [0.4, 0.5) is 0 Å². The molecule has 0 bridgehead atoms. The normalized spacial score (nSPS) is 24.0. The largest absolute Gasteiger partial charge is 0.294 e. The van der Waals surface area contributed by atoms with Crippen LogP contribution >= 0.6 is 12.8 Å². The second-order valence-electron chi connectivity index (χ2n) is 6.60. The quantitative estimate of drug-likeness (QED) is 0.854. The summed E-state index contributed by atoms with van der Waals surface area (Å²) in [6.07, 6.45) is 2.99. The lowest BCUT2D eigenvalue weighted by molar-refractivity contribution is 0.222. The number of benzene rings is 1. The number of thiol groups is 1. The Bertz CT molecular complexity index is 801. The summed E-state index contributed by atoms with van der Waals surface area (Å²) in [6, 6.07) is 5.30. The molecular formula is C16H22N2O2S2.